The molecule has 0 saturated carbocycles. The second-order valence-corrected chi connectivity index (χ2v) is 8.10. The maximum Gasteiger partial charge on any atom is 0.223 e. The van der Waals surface area contributed by atoms with E-state index in [1.807, 2.05) is 13.8 Å². The number of carbonyl (C=O) groups excluding carboxylic acids is 1. The van der Waals surface area contributed by atoms with Gasteiger partial charge in [0.05, 0.1) is 24.6 Å². The van der Waals surface area contributed by atoms with E-state index in [9.17, 15) is 4.79 Å². The third-order valence-corrected chi connectivity index (χ3v) is 6.52. The summed E-state index contributed by atoms with van der Waals surface area (Å²) in [7, 11) is 0. The Labute approximate surface area is 157 Å². The molecular formula is C18H25N5O2S. The van der Waals surface area contributed by atoms with Crippen molar-refractivity contribution in [1.82, 2.24) is 20.5 Å². The largest absolute Gasteiger partial charge is 0.378 e. The molecule has 1 fully saturated rings. The number of amides is 1. The van der Waals surface area contributed by atoms with Crippen molar-refractivity contribution >= 4 is 22.4 Å². The number of aromatic amines is 1. The molecule has 2 aliphatic rings. The Hall–Kier alpha value is -1.93. The Morgan fingerprint density at radius 3 is 2.92 bits per heavy atom. The average molecular weight is 375 g/mol. The van der Waals surface area contributed by atoms with Crippen LogP contribution in [0.4, 0.5) is 5.13 Å². The fourth-order valence-corrected chi connectivity index (χ4v) is 4.79. The van der Waals surface area contributed by atoms with E-state index >= 15 is 0 Å². The minimum absolute atomic E-state index is 0.00894. The first-order valence-electron chi connectivity index (χ1n) is 9.21. The van der Waals surface area contributed by atoms with Crippen molar-refractivity contribution in [2.24, 2.45) is 5.92 Å². The van der Waals surface area contributed by atoms with Gasteiger partial charge in [-0.1, -0.05) is 0 Å². The number of rotatable bonds is 4. The van der Waals surface area contributed by atoms with Crippen molar-refractivity contribution < 1.29 is 9.53 Å². The summed E-state index contributed by atoms with van der Waals surface area (Å²) < 4.78 is 5.42. The van der Waals surface area contributed by atoms with Gasteiger partial charge < -0.3 is 15.0 Å². The number of morpholine rings is 1. The zero-order chi connectivity index (χ0) is 18.1. The summed E-state index contributed by atoms with van der Waals surface area (Å²) in [5.74, 6) is 0.131. The van der Waals surface area contributed by atoms with Gasteiger partial charge in [-0.25, -0.2) is 4.98 Å². The van der Waals surface area contributed by atoms with E-state index in [-0.39, 0.29) is 11.8 Å². The number of ether oxygens (including phenoxy) is 1. The first-order valence-corrected chi connectivity index (χ1v) is 10.0. The molecule has 1 saturated heterocycles. The van der Waals surface area contributed by atoms with E-state index in [4.69, 9.17) is 9.72 Å². The molecule has 1 aliphatic heterocycles. The van der Waals surface area contributed by atoms with Gasteiger partial charge in [0.1, 0.15) is 0 Å². The second-order valence-electron chi connectivity index (χ2n) is 7.04. The summed E-state index contributed by atoms with van der Waals surface area (Å²) in [5.41, 5.74) is 4.16. The fourth-order valence-electron chi connectivity index (χ4n) is 3.63. The van der Waals surface area contributed by atoms with E-state index in [0.717, 1.165) is 73.3 Å². The minimum atomic E-state index is 0.00894. The molecule has 0 aromatic carbocycles. The van der Waals surface area contributed by atoms with E-state index < -0.39 is 0 Å². The minimum Gasteiger partial charge on any atom is -0.378 e. The Kier molecular flexibility index (Phi) is 4.95. The lowest BCUT2D eigenvalue weighted by atomic mass is 9.90. The summed E-state index contributed by atoms with van der Waals surface area (Å²) in [6.45, 7) is 7.81. The summed E-state index contributed by atoms with van der Waals surface area (Å²) >= 11 is 1.79. The highest BCUT2D eigenvalue weighted by molar-refractivity contribution is 7.15. The molecule has 7 nitrogen and oxygen atoms in total. The molecule has 3 heterocycles. The van der Waals surface area contributed by atoms with Crippen LogP contribution in [0.15, 0.2) is 0 Å². The van der Waals surface area contributed by atoms with Crippen LogP contribution in [-0.4, -0.2) is 47.4 Å². The van der Waals surface area contributed by atoms with Crippen molar-refractivity contribution in [3.8, 4) is 0 Å². The Balaban J connectivity index is 1.38. The number of hydrogen-bond acceptors (Lipinski definition) is 6. The predicted molar refractivity (Wildman–Crippen MR) is 101 cm³/mol. The zero-order valence-corrected chi connectivity index (χ0v) is 16.1. The number of hydrogen-bond donors (Lipinski definition) is 2. The van der Waals surface area contributed by atoms with Crippen LogP contribution in [0.3, 0.4) is 0 Å². The molecule has 26 heavy (non-hydrogen) atoms. The van der Waals surface area contributed by atoms with E-state index in [0.29, 0.717) is 6.54 Å². The SMILES string of the molecule is Cc1n[nH]c(C)c1CNC(=O)C1CCc2sc(N3CCOCC3)nc2C1. The maximum absolute atomic E-state index is 12.6. The molecule has 1 aliphatic carbocycles. The summed E-state index contributed by atoms with van der Waals surface area (Å²) in [4.78, 5) is 21.1. The molecule has 0 spiro atoms. The summed E-state index contributed by atoms with van der Waals surface area (Å²) in [5, 5.41) is 11.3. The van der Waals surface area contributed by atoms with Crippen LogP contribution in [0.2, 0.25) is 0 Å². The third-order valence-electron chi connectivity index (χ3n) is 5.30. The van der Waals surface area contributed by atoms with Gasteiger partial charge in [-0.3, -0.25) is 9.89 Å². The van der Waals surface area contributed by atoms with Gasteiger partial charge >= 0.3 is 0 Å². The Morgan fingerprint density at radius 1 is 1.38 bits per heavy atom. The van der Waals surface area contributed by atoms with Gasteiger partial charge in [0.2, 0.25) is 5.91 Å². The first-order chi connectivity index (χ1) is 12.6. The number of thiazole rings is 1. The highest BCUT2D eigenvalue weighted by atomic mass is 32.1. The van der Waals surface area contributed by atoms with Crippen LogP contribution in [-0.2, 0) is 28.9 Å². The van der Waals surface area contributed by atoms with Gasteiger partial charge in [0.15, 0.2) is 5.13 Å². The smallest absolute Gasteiger partial charge is 0.223 e. The van der Waals surface area contributed by atoms with Crippen molar-refractivity contribution in [3.05, 3.63) is 27.5 Å². The number of fused-ring (bicyclic) bond motifs is 1. The maximum atomic E-state index is 12.6. The first kappa shape index (κ1) is 17.5. The van der Waals surface area contributed by atoms with E-state index in [1.165, 1.54) is 4.88 Å². The van der Waals surface area contributed by atoms with Crippen LogP contribution >= 0.6 is 11.3 Å². The van der Waals surface area contributed by atoms with Crippen LogP contribution in [0.5, 0.6) is 0 Å². The lowest BCUT2D eigenvalue weighted by molar-refractivity contribution is -0.125. The molecule has 2 aromatic rings. The van der Waals surface area contributed by atoms with Crippen molar-refractivity contribution in [1.29, 1.82) is 0 Å². The Morgan fingerprint density at radius 2 is 2.19 bits per heavy atom. The molecule has 1 atom stereocenters. The number of aryl methyl sites for hydroxylation is 3. The molecule has 2 aromatic heterocycles. The molecular weight excluding hydrogens is 350 g/mol. The van der Waals surface area contributed by atoms with Gasteiger partial charge in [-0.15, -0.1) is 11.3 Å². The van der Waals surface area contributed by atoms with Gasteiger partial charge in [-0.05, 0) is 26.7 Å². The molecule has 8 heteroatoms. The van der Waals surface area contributed by atoms with Crippen molar-refractivity contribution in [2.75, 3.05) is 31.2 Å². The van der Waals surface area contributed by atoms with Crippen LogP contribution in [0.1, 0.15) is 33.9 Å². The van der Waals surface area contributed by atoms with Crippen LogP contribution in [0, 0.1) is 19.8 Å². The lowest BCUT2D eigenvalue weighted by Crippen LogP contribution is -2.36. The molecule has 4 rings (SSSR count). The third kappa shape index (κ3) is 3.48. The average Bonchev–Trinajstić information content (AvgIpc) is 3.23. The van der Waals surface area contributed by atoms with E-state index in [2.05, 4.69) is 20.4 Å². The molecule has 1 amide bonds. The highest BCUT2D eigenvalue weighted by Gasteiger charge is 2.29. The number of carbonyl (C=O) groups is 1. The number of nitrogens with zero attached hydrogens (tertiary/aromatic N) is 3. The number of aromatic nitrogens is 3. The monoisotopic (exact) mass is 375 g/mol. The fraction of sp³-hybridized carbons (Fsp3) is 0.611. The predicted octanol–water partition coefficient (Wildman–Crippen LogP) is 1.74. The van der Waals surface area contributed by atoms with Gasteiger partial charge in [-0.2, -0.15) is 5.10 Å². The zero-order valence-electron chi connectivity index (χ0n) is 15.3. The topological polar surface area (TPSA) is 83.1 Å². The molecule has 140 valence electrons. The normalized spacial score (nSPS) is 20.1. The van der Waals surface area contributed by atoms with E-state index in [1.54, 1.807) is 11.3 Å². The number of nitrogens with one attached hydrogen (secondary N) is 2. The molecule has 0 bridgehead atoms. The Bertz CT molecular complexity index is 774. The number of anilines is 1. The van der Waals surface area contributed by atoms with Crippen LogP contribution in [0.25, 0.3) is 0 Å². The quantitative estimate of drug-likeness (QED) is 0.851. The standard InChI is InChI=1S/C18H25N5O2S/c1-11-14(12(2)22-21-11)10-19-17(24)13-3-4-16-15(9-13)20-18(26-16)23-5-7-25-8-6-23/h13H,3-10H2,1-2H3,(H,19,24)(H,21,22). The van der Waals surface area contributed by atoms with Gasteiger partial charge in [0.25, 0.3) is 0 Å². The summed E-state index contributed by atoms with van der Waals surface area (Å²) in [6.07, 6.45) is 2.58. The molecule has 0 radical (unpaired) electrons. The second kappa shape index (κ2) is 7.36. The van der Waals surface area contributed by atoms with Crippen LogP contribution < -0.4 is 10.2 Å². The van der Waals surface area contributed by atoms with Gasteiger partial charge in [0, 0.05) is 48.1 Å². The number of H-pyrrole nitrogens is 1. The molecule has 2 N–H and O–H groups in total. The van der Waals surface area contributed by atoms with Crippen molar-refractivity contribution in [2.45, 2.75) is 39.7 Å². The lowest BCUT2D eigenvalue weighted by Gasteiger charge is -2.26. The van der Waals surface area contributed by atoms with Crippen molar-refractivity contribution in [3.63, 3.8) is 0 Å². The summed E-state index contributed by atoms with van der Waals surface area (Å²) in [6, 6.07) is 0. The molecule has 1 unspecified atom stereocenters. The highest BCUT2D eigenvalue weighted by Crippen LogP contribution is 2.34.